The molecule has 1 aromatic rings. The van der Waals surface area contributed by atoms with Crippen LogP contribution in [0.2, 0.25) is 0 Å². The highest BCUT2D eigenvalue weighted by atomic mass is 14.5. The van der Waals surface area contributed by atoms with Crippen molar-refractivity contribution in [3.8, 4) is 0 Å². The van der Waals surface area contributed by atoms with Crippen LogP contribution in [0.4, 0.5) is 0 Å². The summed E-state index contributed by atoms with van der Waals surface area (Å²) in [6.45, 7) is 7.43. The number of benzene rings is 1. The van der Waals surface area contributed by atoms with Crippen molar-refractivity contribution >= 4 is 0 Å². The van der Waals surface area contributed by atoms with E-state index in [0.29, 0.717) is 5.92 Å². The Morgan fingerprint density at radius 1 is 1.20 bits per heavy atom. The normalized spacial score (nSPS) is 12.8. The molecule has 1 nitrogen and oxygen atoms in total. The Labute approximate surface area is 93.7 Å². The van der Waals surface area contributed by atoms with Crippen molar-refractivity contribution < 1.29 is 0 Å². The third kappa shape index (κ3) is 3.35. The summed E-state index contributed by atoms with van der Waals surface area (Å²) in [5.41, 5.74) is 10.1. The lowest BCUT2D eigenvalue weighted by Gasteiger charge is -2.17. The fourth-order valence-electron chi connectivity index (χ4n) is 2.17. The summed E-state index contributed by atoms with van der Waals surface area (Å²) in [4.78, 5) is 0. The minimum atomic E-state index is 0.648. The Hall–Kier alpha value is -0.820. The Bertz CT molecular complexity index is 284. The molecule has 1 aromatic carbocycles. The second-order valence-corrected chi connectivity index (χ2v) is 4.46. The van der Waals surface area contributed by atoms with E-state index in [2.05, 4.69) is 39.0 Å². The molecule has 0 spiro atoms. The van der Waals surface area contributed by atoms with Crippen LogP contribution >= 0.6 is 0 Å². The molecule has 0 heterocycles. The van der Waals surface area contributed by atoms with E-state index in [1.54, 1.807) is 0 Å². The molecule has 0 aliphatic carbocycles. The van der Waals surface area contributed by atoms with Crippen molar-refractivity contribution in [3.63, 3.8) is 0 Å². The minimum absolute atomic E-state index is 0.648. The number of aryl methyl sites for hydroxylation is 2. The van der Waals surface area contributed by atoms with E-state index in [0.717, 1.165) is 13.0 Å². The van der Waals surface area contributed by atoms with Crippen LogP contribution in [-0.4, -0.2) is 6.54 Å². The number of hydrogen-bond donors (Lipinski definition) is 1. The maximum absolute atomic E-state index is 5.81. The topological polar surface area (TPSA) is 26.0 Å². The van der Waals surface area contributed by atoms with Crippen LogP contribution in [0.3, 0.4) is 0 Å². The molecule has 1 heteroatoms. The second kappa shape index (κ2) is 5.92. The molecule has 0 aromatic heterocycles. The number of rotatable bonds is 5. The van der Waals surface area contributed by atoms with Crippen LogP contribution < -0.4 is 5.73 Å². The molecule has 0 saturated heterocycles. The Morgan fingerprint density at radius 2 is 1.80 bits per heavy atom. The van der Waals surface area contributed by atoms with Gasteiger partial charge < -0.3 is 5.73 Å². The Kier molecular flexibility index (Phi) is 4.83. The summed E-state index contributed by atoms with van der Waals surface area (Å²) < 4.78 is 0. The second-order valence-electron chi connectivity index (χ2n) is 4.46. The van der Waals surface area contributed by atoms with Crippen molar-refractivity contribution in [2.45, 2.75) is 40.0 Å². The molecule has 0 amide bonds. The third-order valence-corrected chi connectivity index (χ3v) is 3.17. The van der Waals surface area contributed by atoms with Crippen LogP contribution in [0.5, 0.6) is 0 Å². The van der Waals surface area contributed by atoms with Gasteiger partial charge in [0, 0.05) is 0 Å². The van der Waals surface area contributed by atoms with E-state index < -0.39 is 0 Å². The zero-order valence-corrected chi connectivity index (χ0v) is 10.2. The van der Waals surface area contributed by atoms with Gasteiger partial charge in [0.05, 0.1) is 0 Å². The maximum Gasteiger partial charge on any atom is -0.00457 e. The predicted octanol–water partition coefficient (Wildman–Crippen LogP) is 3.22. The lowest BCUT2D eigenvalue weighted by atomic mass is 9.90. The van der Waals surface area contributed by atoms with Gasteiger partial charge in [-0.05, 0) is 55.8 Å². The largest absolute Gasteiger partial charge is 0.330 e. The molecule has 0 saturated carbocycles. The molecule has 0 radical (unpaired) electrons. The average molecular weight is 205 g/mol. The predicted molar refractivity (Wildman–Crippen MR) is 67.1 cm³/mol. The lowest BCUT2D eigenvalue weighted by Crippen LogP contribution is -2.17. The first-order chi connectivity index (χ1) is 7.19. The molecule has 1 atom stereocenters. The molecule has 1 unspecified atom stereocenters. The molecule has 15 heavy (non-hydrogen) atoms. The van der Waals surface area contributed by atoms with Crippen molar-refractivity contribution in [1.29, 1.82) is 0 Å². The summed E-state index contributed by atoms with van der Waals surface area (Å²) in [5, 5.41) is 0. The summed E-state index contributed by atoms with van der Waals surface area (Å²) in [6.07, 6.45) is 3.61. The molecule has 0 fully saturated rings. The highest BCUT2D eigenvalue weighted by Crippen LogP contribution is 2.19. The van der Waals surface area contributed by atoms with E-state index in [1.807, 2.05) is 0 Å². The number of nitrogens with two attached hydrogens (primary N) is 1. The highest BCUT2D eigenvalue weighted by molar-refractivity contribution is 5.33. The fraction of sp³-hybridized carbons (Fsp3) is 0.571. The Balaban J connectivity index is 2.78. The molecule has 84 valence electrons. The van der Waals surface area contributed by atoms with Crippen LogP contribution in [-0.2, 0) is 6.42 Å². The van der Waals surface area contributed by atoms with E-state index in [1.165, 1.54) is 29.5 Å². The third-order valence-electron chi connectivity index (χ3n) is 3.17. The van der Waals surface area contributed by atoms with E-state index in [4.69, 9.17) is 5.73 Å². The first kappa shape index (κ1) is 12.3. The summed E-state index contributed by atoms with van der Waals surface area (Å²) in [6, 6.07) is 6.52. The maximum atomic E-state index is 5.81. The summed E-state index contributed by atoms with van der Waals surface area (Å²) in [5.74, 6) is 0.648. The van der Waals surface area contributed by atoms with Gasteiger partial charge in [-0.3, -0.25) is 0 Å². The first-order valence-electron chi connectivity index (χ1n) is 5.94. The van der Waals surface area contributed by atoms with Crippen LogP contribution in [0.15, 0.2) is 18.2 Å². The van der Waals surface area contributed by atoms with Gasteiger partial charge in [0.15, 0.2) is 0 Å². The SMILES string of the molecule is CCCC(CN)Cc1c(C)cccc1C. The van der Waals surface area contributed by atoms with Crippen molar-refractivity contribution in [2.75, 3.05) is 6.54 Å². The smallest absolute Gasteiger partial charge is 0.00457 e. The van der Waals surface area contributed by atoms with Crippen molar-refractivity contribution in [2.24, 2.45) is 11.7 Å². The van der Waals surface area contributed by atoms with Gasteiger partial charge in [-0.25, -0.2) is 0 Å². The molecule has 1 rings (SSSR count). The minimum Gasteiger partial charge on any atom is -0.330 e. The van der Waals surface area contributed by atoms with Gasteiger partial charge in [0.1, 0.15) is 0 Å². The molecule has 0 bridgehead atoms. The summed E-state index contributed by atoms with van der Waals surface area (Å²) >= 11 is 0. The quantitative estimate of drug-likeness (QED) is 0.784. The van der Waals surface area contributed by atoms with Gasteiger partial charge in [0.2, 0.25) is 0 Å². The Morgan fingerprint density at radius 3 is 2.27 bits per heavy atom. The van der Waals surface area contributed by atoms with Crippen LogP contribution in [0.25, 0.3) is 0 Å². The van der Waals surface area contributed by atoms with Gasteiger partial charge in [0.25, 0.3) is 0 Å². The first-order valence-corrected chi connectivity index (χ1v) is 5.94. The average Bonchev–Trinajstić information content (AvgIpc) is 2.22. The van der Waals surface area contributed by atoms with E-state index in [9.17, 15) is 0 Å². The molecular formula is C14H23N. The standard InChI is InChI=1S/C14H23N/c1-4-6-13(10-15)9-14-11(2)7-5-8-12(14)3/h5,7-8,13H,4,6,9-10,15H2,1-3H3. The fourth-order valence-corrected chi connectivity index (χ4v) is 2.17. The molecule has 2 N–H and O–H groups in total. The number of hydrogen-bond acceptors (Lipinski definition) is 1. The molecule has 0 aliphatic heterocycles. The van der Waals surface area contributed by atoms with Crippen LogP contribution in [0.1, 0.15) is 36.5 Å². The van der Waals surface area contributed by atoms with E-state index in [-0.39, 0.29) is 0 Å². The zero-order valence-electron chi connectivity index (χ0n) is 10.2. The molecular weight excluding hydrogens is 182 g/mol. The van der Waals surface area contributed by atoms with Gasteiger partial charge in [-0.15, -0.1) is 0 Å². The highest BCUT2D eigenvalue weighted by Gasteiger charge is 2.10. The van der Waals surface area contributed by atoms with Gasteiger partial charge in [-0.2, -0.15) is 0 Å². The lowest BCUT2D eigenvalue weighted by molar-refractivity contribution is 0.486. The van der Waals surface area contributed by atoms with Crippen molar-refractivity contribution in [3.05, 3.63) is 34.9 Å². The zero-order chi connectivity index (χ0) is 11.3. The molecule has 0 aliphatic rings. The van der Waals surface area contributed by atoms with Gasteiger partial charge >= 0.3 is 0 Å². The van der Waals surface area contributed by atoms with Crippen LogP contribution in [0, 0.1) is 19.8 Å². The summed E-state index contributed by atoms with van der Waals surface area (Å²) in [7, 11) is 0. The van der Waals surface area contributed by atoms with Crippen molar-refractivity contribution in [1.82, 2.24) is 0 Å². The van der Waals surface area contributed by atoms with E-state index >= 15 is 0 Å². The van der Waals surface area contributed by atoms with Gasteiger partial charge in [-0.1, -0.05) is 31.5 Å². The monoisotopic (exact) mass is 205 g/mol.